The van der Waals surface area contributed by atoms with Crippen LogP contribution in [0, 0.1) is 6.92 Å². The molecule has 0 bridgehead atoms. The fourth-order valence-electron chi connectivity index (χ4n) is 2.74. The Hall–Kier alpha value is -2.07. The second-order valence-corrected chi connectivity index (χ2v) is 8.75. The van der Waals surface area contributed by atoms with E-state index in [9.17, 15) is 8.42 Å². The summed E-state index contributed by atoms with van der Waals surface area (Å²) in [5, 5.41) is 5.98. The fraction of sp³-hybridized carbons (Fsp3) is 0.294. The van der Waals surface area contributed by atoms with Crippen LogP contribution in [0.1, 0.15) is 5.56 Å². The van der Waals surface area contributed by atoms with Crippen LogP contribution >= 0.6 is 11.3 Å². The number of sulfonamides is 1. The molecule has 1 fully saturated rings. The molecule has 0 aliphatic carbocycles. The summed E-state index contributed by atoms with van der Waals surface area (Å²) in [5.74, 6) is 0.903. The highest BCUT2D eigenvalue weighted by Gasteiger charge is 2.26. The van der Waals surface area contributed by atoms with Crippen molar-refractivity contribution >= 4 is 21.4 Å². The fourth-order valence-corrected chi connectivity index (χ4v) is 4.99. The highest BCUT2D eigenvalue weighted by atomic mass is 32.2. The SMILES string of the molecule is Cc1ccsc1-c1nc(-c2ccc(S(=O)(=O)N3CCOCC3)cc2)no1. The second kappa shape index (κ2) is 6.92. The molecule has 1 aliphatic rings. The number of ether oxygens (including phenoxy) is 1. The molecule has 0 amide bonds. The quantitative estimate of drug-likeness (QED) is 0.680. The summed E-state index contributed by atoms with van der Waals surface area (Å²) >= 11 is 1.54. The summed E-state index contributed by atoms with van der Waals surface area (Å²) in [5.41, 5.74) is 1.78. The van der Waals surface area contributed by atoms with Crippen LogP contribution < -0.4 is 0 Å². The molecule has 136 valence electrons. The van der Waals surface area contributed by atoms with Crippen molar-refractivity contribution in [3.63, 3.8) is 0 Å². The monoisotopic (exact) mass is 391 g/mol. The largest absolute Gasteiger partial charge is 0.379 e. The molecule has 1 saturated heterocycles. The van der Waals surface area contributed by atoms with Crippen LogP contribution in [-0.4, -0.2) is 49.2 Å². The minimum absolute atomic E-state index is 0.251. The van der Waals surface area contributed by atoms with Gasteiger partial charge in [-0.1, -0.05) is 5.16 Å². The molecule has 4 rings (SSSR count). The van der Waals surface area contributed by atoms with Gasteiger partial charge in [0, 0.05) is 18.7 Å². The van der Waals surface area contributed by atoms with Crippen molar-refractivity contribution in [1.29, 1.82) is 0 Å². The van der Waals surface area contributed by atoms with Crippen molar-refractivity contribution < 1.29 is 17.7 Å². The Balaban J connectivity index is 1.58. The van der Waals surface area contributed by atoms with Crippen molar-refractivity contribution in [2.45, 2.75) is 11.8 Å². The Kier molecular flexibility index (Phi) is 4.62. The van der Waals surface area contributed by atoms with Crippen molar-refractivity contribution in [1.82, 2.24) is 14.4 Å². The number of benzene rings is 1. The summed E-state index contributed by atoms with van der Waals surface area (Å²) in [4.78, 5) is 5.61. The molecule has 3 aromatic rings. The summed E-state index contributed by atoms with van der Waals surface area (Å²) in [6.07, 6.45) is 0. The summed E-state index contributed by atoms with van der Waals surface area (Å²) in [6.45, 7) is 3.58. The predicted octanol–water partition coefficient (Wildman–Crippen LogP) is 2.79. The number of morpholine rings is 1. The van der Waals surface area contributed by atoms with E-state index in [1.54, 1.807) is 35.6 Å². The lowest BCUT2D eigenvalue weighted by molar-refractivity contribution is 0.0730. The average Bonchev–Trinajstić information content (AvgIpc) is 3.31. The third-order valence-electron chi connectivity index (χ3n) is 4.20. The van der Waals surface area contributed by atoms with Crippen molar-refractivity contribution in [3.05, 3.63) is 41.3 Å². The zero-order chi connectivity index (χ0) is 18.1. The van der Waals surface area contributed by atoms with Crippen LogP contribution in [0.2, 0.25) is 0 Å². The van der Waals surface area contributed by atoms with Crippen LogP contribution in [0.3, 0.4) is 0 Å². The number of hydrogen-bond donors (Lipinski definition) is 0. The lowest BCUT2D eigenvalue weighted by atomic mass is 10.2. The van der Waals surface area contributed by atoms with Crippen LogP contribution in [0.5, 0.6) is 0 Å². The number of aryl methyl sites for hydroxylation is 1. The van der Waals surface area contributed by atoms with Gasteiger partial charge in [-0.25, -0.2) is 8.42 Å². The normalized spacial score (nSPS) is 16.0. The highest BCUT2D eigenvalue weighted by molar-refractivity contribution is 7.89. The van der Waals surface area contributed by atoms with Gasteiger partial charge in [0.1, 0.15) is 0 Å². The van der Waals surface area contributed by atoms with Gasteiger partial charge in [0.15, 0.2) is 0 Å². The highest BCUT2D eigenvalue weighted by Crippen LogP contribution is 2.29. The first-order chi connectivity index (χ1) is 12.6. The first kappa shape index (κ1) is 17.3. The van der Waals surface area contributed by atoms with Gasteiger partial charge in [-0.15, -0.1) is 11.3 Å². The molecule has 2 aromatic heterocycles. The lowest BCUT2D eigenvalue weighted by Gasteiger charge is -2.26. The van der Waals surface area contributed by atoms with Crippen LogP contribution in [-0.2, 0) is 14.8 Å². The molecule has 0 atom stereocenters. The molecule has 1 aliphatic heterocycles. The maximum atomic E-state index is 12.7. The summed E-state index contributed by atoms with van der Waals surface area (Å²) in [6, 6.07) is 8.54. The zero-order valence-electron chi connectivity index (χ0n) is 14.1. The molecule has 0 saturated carbocycles. The van der Waals surface area contributed by atoms with Gasteiger partial charge in [-0.3, -0.25) is 0 Å². The molecule has 0 unspecified atom stereocenters. The molecule has 1 aromatic carbocycles. The molecule has 0 spiro atoms. The predicted molar refractivity (Wildman–Crippen MR) is 97.4 cm³/mol. The molecule has 26 heavy (non-hydrogen) atoms. The van der Waals surface area contributed by atoms with Gasteiger partial charge in [0.05, 0.1) is 23.0 Å². The lowest BCUT2D eigenvalue weighted by Crippen LogP contribution is -2.40. The van der Waals surface area contributed by atoms with Crippen LogP contribution in [0.25, 0.3) is 22.2 Å². The first-order valence-corrected chi connectivity index (χ1v) is 10.4. The third kappa shape index (κ3) is 3.18. The first-order valence-electron chi connectivity index (χ1n) is 8.12. The summed E-state index contributed by atoms with van der Waals surface area (Å²) in [7, 11) is -3.51. The van der Waals surface area contributed by atoms with Crippen molar-refractivity contribution in [2.24, 2.45) is 0 Å². The maximum absolute atomic E-state index is 12.7. The molecule has 0 radical (unpaired) electrons. The molecular formula is C17H17N3O4S2. The zero-order valence-corrected chi connectivity index (χ0v) is 15.7. The van der Waals surface area contributed by atoms with Gasteiger partial charge >= 0.3 is 0 Å². The smallest absolute Gasteiger partial charge is 0.268 e. The van der Waals surface area contributed by atoms with E-state index in [0.717, 1.165) is 10.4 Å². The Bertz CT molecular complexity index is 1000. The van der Waals surface area contributed by atoms with E-state index in [4.69, 9.17) is 9.26 Å². The molecule has 3 heterocycles. The Morgan fingerprint density at radius 2 is 1.85 bits per heavy atom. The van der Waals surface area contributed by atoms with E-state index in [1.165, 1.54) is 4.31 Å². The van der Waals surface area contributed by atoms with Gasteiger partial charge in [0.25, 0.3) is 5.89 Å². The number of hydrogen-bond acceptors (Lipinski definition) is 7. The van der Waals surface area contributed by atoms with Gasteiger partial charge in [0.2, 0.25) is 15.8 Å². The number of rotatable bonds is 4. The topological polar surface area (TPSA) is 85.5 Å². The third-order valence-corrected chi connectivity index (χ3v) is 7.12. The number of aromatic nitrogens is 2. The molecular weight excluding hydrogens is 374 g/mol. The molecule has 0 N–H and O–H groups in total. The van der Waals surface area contributed by atoms with Gasteiger partial charge in [-0.05, 0) is 48.2 Å². The van der Waals surface area contributed by atoms with E-state index in [-0.39, 0.29) is 4.90 Å². The minimum Gasteiger partial charge on any atom is -0.379 e. The van der Waals surface area contributed by atoms with Gasteiger partial charge < -0.3 is 9.26 Å². The van der Waals surface area contributed by atoms with E-state index in [2.05, 4.69) is 10.1 Å². The van der Waals surface area contributed by atoms with Crippen molar-refractivity contribution in [3.8, 4) is 22.2 Å². The Labute approximate surface area is 155 Å². The molecule has 9 heteroatoms. The van der Waals surface area contributed by atoms with Crippen LogP contribution in [0.15, 0.2) is 45.1 Å². The van der Waals surface area contributed by atoms with E-state index in [0.29, 0.717) is 43.6 Å². The number of nitrogens with zero attached hydrogens (tertiary/aromatic N) is 3. The Morgan fingerprint density at radius 3 is 2.50 bits per heavy atom. The minimum atomic E-state index is -3.51. The summed E-state index contributed by atoms with van der Waals surface area (Å²) < 4.78 is 37.3. The average molecular weight is 391 g/mol. The van der Waals surface area contributed by atoms with Crippen LogP contribution in [0.4, 0.5) is 0 Å². The van der Waals surface area contributed by atoms with E-state index in [1.807, 2.05) is 18.4 Å². The number of thiophene rings is 1. The van der Waals surface area contributed by atoms with Crippen molar-refractivity contribution in [2.75, 3.05) is 26.3 Å². The standard InChI is InChI=1S/C17H17N3O4S2/c1-12-6-11-25-15(12)17-18-16(19-24-17)13-2-4-14(5-3-13)26(21,22)20-7-9-23-10-8-20/h2-6,11H,7-10H2,1H3. The van der Waals surface area contributed by atoms with E-state index < -0.39 is 10.0 Å². The maximum Gasteiger partial charge on any atom is 0.268 e. The van der Waals surface area contributed by atoms with Gasteiger partial charge in [-0.2, -0.15) is 9.29 Å². The molecule has 7 nitrogen and oxygen atoms in total. The Morgan fingerprint density at radius 1 is 1.12 bits per heavy atom. The van der Waals surface area contributed by atoms with E-state index >= 15 is 0 Å². The second-order valence-electron chi connectivity index (χ2n) is 5.90.